The lowest BCUT2D eigenvalue weighted by atomic mass is 10.4. The Labute approximate surface area is 98.5 Å². The van der Waals surface area contributed by atoms with E-state index >= 15 is 0 Å². The maximum Gasteiger partial charge on any atom is 0.263 e. The van der Waals surface area contributed by atoms with Crippen LogP contribution in [-0.2, 0) is 10.0 Å². The van der Waals surface area contributed by atoms with Crippen LogP contribution in [0.4, 0.5) is 11.5 Å². The standard InChI is InChI=1S/C10H10N4O2S/c11-9-6-7-12-13-10(9)14-17(15,16)8-4-2-1-3-5-8/h1-7H,(H2,11,12)(H,13,14). The summed E-state index contributed by atoms with van der Waals surface area (Å²) in [5, 5.41) is 7.19. The highest BCUT2D eigenvalue weighted by Crippen LogP contribution is 2.17. The van der Waals surface area contributed by atoms with Crippen LogP contribution in [0.1, 0.15) is 0 Å². The summed E-state index contributed by atoms with van der Waals surface area (Å²) in [7, 11) is -3.67. The molecule has 0 fully saturated rings. The van der Waals surface area contributed by atoms with Gasteiger partial charge in [0, 0.05) is 0 Å². The Balaban J connectivity index is 2.34. The largest absolute Gasteiger partial charge is 0.396 e. The third-order valence-corrected chi connectivity index (χ3v) is 3.39. The number of hydrogen-bond donors (Lipinski definition) is 2. The van der Waals surface area contributed by atoms with Crippen molar-refractivity contribution in [3.63, 3.8) is 0 Å². The topological polar surface area (TPSA) is 98.0 Å². The predicted molar refractivity (Wildman–Crippen MR) is 63.7 cm³/mol. The van der Waals surface area contributed by atoms with Gasteiger partial charge in [-0.3, -0.25) is 4.72 Å². The molecule has 0 amide bonds. The molecule has 0 bridgehead atoms. The summed E-state index contributed by atoms with van der Waals surface area (Å²) in [5.74, 6) is 0.0244. The van der Waals surface area contributed by atoms with Gasteiger partial charge in [-0.15, -0.1) is 5.10 Å². The van der Waals surface area contributed by atoms with Gasteiger partial charge in [0.25, 0.3) is 10.0 Å². The van der Waals surface area contributed by atoms with Gasteiger partial charge in [-0.2, -0.15) is 5.10 Å². The number of aromatic nitrogens is 2. The minimum Gasteiger partial charge on any atom is -0.396 e. The Morgan fingerprint density at radius 3 is 2.47 bits per heavy atom. The molecule has 1 aromatic heterocycles. The molecule has 88 valence electrons. The van der Waals surface area contributed by atoms with Crippen LogP contribution in [0.25, 0.3) is 0 Å². The van der Waals surface area contributed by atoms with Crippen LogP contribution in [0, 0.1) is 0 Å². The molecular weight excluding hydrogens is 240 g/mol. The molecule has 0 aliphatic rings. The second kappa shape index (κ2) is 4.38. The van der Waals surface area contributed by atoms with Gasteiger partial charge in [-0.25, -0.2) is 8.42 Å². The van der Waals surface area contributed by atoms with E-state index in [0.29, 0.717) is 0 Å². The lowest BCUT2D eigenvalue weighted by molar-refractivity contribution is 0.601. The number of nitrogens with zero attached hydrogens (tertiary/aromatic N) is 2. The summed E-state index contributed by atoms with van der Waals surface area (Å²) < 4.78 is 26.1. The highest BCUT2D eigenvalue weighted by atomic mass is 32.2. The molecule has 0 saturated carbocycles. The van der Waals surface area contributed by atoms with E-state index in [1.165, 1.54) is 24.4 Å². The second-order valence-electron chi connectivity index (χ2n) is 3.25. The van der Waals surface area contributed by atoms with Gasteiger partial charge in [0.1, 0.15) is 0 Å². The fourth-order valence-electron chi connectivity index (χ4n) is 1.21. The first kappa shape index (κ1) is 11.3. The van der Waals surface area contributed by atoms with Gasteiger partial charge in [-0.1, -0.05) is 18.2 Å². The zero-order valence-corrected chi connectivity index (χ0v) is 9.55. The van der Waals surface area contributed by atoms with Gasteiger partial charge in [0.2, 0.25) is 0 Å². The first-order chi connectivity index (χ1) is 8.09. The molecule has 0 aliphatic heterocycles. The third kappa shape index (κ3) is 2.51. The fraction of sp³-hybridized carbons (Fsp3) is 0. The summed E-state index contributed by atoms with van der Waals surface area (Å²) in [4.78, 5) is 0.144. The normalized spacial score (nSPS) is 11.1. The number of nitrogens with two attached hydrogens (primary N) is 1. The lowest BCUT2D eigenvalue weighted by Crippen LogP contribution is -2.15. The van der Waals surface area contributed by atoms with E-state index in [0.717, 1.165) is 0 Å². The van der Waals surface area contributed by atoms with Gasteiger partial charge < -0.3 is 5.73 Å². The molecule has 2 rings (SSSR count). The number of rotatable bonds is 3. The average Bonchev–Trinajstić information content (AvgIpc) is 2.33. The lowest BCUT2D eigenvalue weighted by Gasteiger charge is -2.07. The minimum atomic E-state index is -3.67. The number of nitrogen functional groups attached to an aromatic ring is 1. The van der Waals surface area contributed by atoms with Crippen LogP contribution in [-0.4, -0.2) is 18.6 Å². The molecule has 0 atom stereocenters. The van der Waals surface area contributed by atoms with E-state index in [2.05, 4.69) is 14.9 Å². The second-order valence-corrected chi connectivity index (χ2v) is 4.94. The van der Waals surface area contributed by atoms with Crippen molar-refractivity contribution >= 4 is 21.5 Å². The van der Waals surface area contributed by atoms with Crippen molar-refractivity contribution in [3.8, 4) is 0 Å². The highest BCUT2D eigenvalue weighted by Gasteiger charge is 2.15. The van der Waals surface area contributed by atoms with Gasteiger partial charge in [0.05, 0.1) is 16.8 Å². The van der Waals surface area contributed by atoms with Crippen LogP contribution < -0.4 is 10.5 Å². The average molecular weight is 250 g/mol. The summed E-state index contributed by atoms with van der Waals surface area (Å²) in [6, 6.07) is 9.43. The molecule has 6 nitrogen and oxygen atoms in total. The molecule has 7 heteroatoms. The van der Waals surface area contributed by atoms with Crippen LogP contribution in [0.3, 0.4) is 0 Å². The molecule has 17 heavy (non-hydrogen) atoms. The molecule has 1 aromatic carbocycles. The third-order valence-electron chi connectivity index (χ3n) is 2.04. The number of hydrogen-bond acceptors (Lipinski definition) is 5. The van der Waals surface area contributed by atoms with E-state index in [1.54, 1.807) is 18.2 Å². The van der Waals surface area contributed by atoms with E-state index in [1.807, 2.05) is 0 Å². The molecule has 0 spiro atoms. The Morgan fingerprint density at radius 1 is 1.12 bits per heavy atom. The predicted octanol–water partition coefficient (Wildman–Crippen LogP) is 0.860. The van der Waals surface area contributed by atoms with Gasteiger partial charge >= 0.3 is 0 Å². The van der Waals surface area contributed by atoms with Crippen molar-refractivity contribution in [2.75, 3.05) is 10.5 Å². The molecule has 0 aliphatic carbocycles. The molecule has 1 heterocycles. The smallest absolute Gasteiger partial charge is 0.263 e. The number of nitrogens with one attached hydrogen (secondary N) is 1. The SMILES string of the molecule is Nc1ccnnc1NS(=O)(=O)c1ccccc1. The molecule has 0 radical (unpaired) electrons. The van der Waals surface area contributed by atoms with Crippen molar-refractivity contribution in [2.24, 2.45) is 0 Å². The first-order valence-corrected chi connectivity index (χ1v) is 6.23. The van der Waals surface area contributed by atoms with Gasteiger partial charge in [0.15, 0.2) is 5.82 Å². The van der Waals surface area contributed by atoms with Crippen LogP contribution in [0.15, 0.2) is 47.5 Å². The molecule has 3 N–H and O–H groups in total. The molecule has 0 unspecified atom stereocenters. The summed E-state index contributed by atoms with van der Waals surface area (Å²) in [5.41, 5.74) is 5.80. The van der Waals surface area contributed by atoms with E-state index in [-0.39, 0.29) is 16.4 Å². The number of sulfonamides is 1. The van der Waals surface area contributed by atoms with E-state index in [9.17, 15) is 8.42 Å². The first-order valence-electron chi connectivity index (χ1n) is 4.74. The zero-order valence-electron chi connectivity index (χ0n) is 8.74. The number of benzene rings is 1. The quantitative estimate of drug-likeness (QED) is 0.841. The van der Waals surface area contributed by atoms with Crippen molar-refractivity contribution in [1.82, 2.24) is 10.2 Å². The summed E-state index contributed by atoms with van der Waals surface area (Å²) >= 11 is 0. The Morgan fingerprint density at radius 2 is 1.82 bits per heavy atom. The van der Waals surface area contributed by atoms with Crippen molar-refractivity contribution < 1.29 is 8.42 Å². The van der Waals surface area contributed by atoms with Gasteiger partial charge in [-0.05, 0) is 18.2 Å². The molecule has 0 saturated heterocycles. The van der Waals surface area contributed by atoms with Crippen LogP contribution in [0.5, 0.6) is 0 Å². The number of anilines is 2. The van der Waals surface area contributed by atoms with Crippen molar-refractivity contribution in [3.05, 3.63) is 42.6 Å². The van der Waals surface area contributed by atoms with E-state index < -0.39 is 10.0 Å². The Kier molecular flexibility index (Phi) is 2.92. The van der Waals surface area contributed by atoms with Crippen LogP contribution in [0.2, 0.25) is 0 Å². The Hall–Kier alpha value is -2.15. The van der Waals surface area contributed by atoms with Crippen LogP contribution >= 0.6 is 0 Å². The summed E-state index contributed by atoms with van der Waals surface area (Å²) in [6.45, 7) is 0. The van der Waals surface area contributed by atoms with Crippen molar-refractivity contribution in [1.29, 1.82) is 0 Å². The maximum atomic E-state index is 11.9. The summed E-state index contributed by atoms with van der Waals surface area (Å²) in [6.07, 6.45) is 1.38. The molecular formula is C10H10N4O2S. The minimum absolute atomic E-state index is 0.0244. The maximum absolute atomic E-state index is 11.9. The zero-order chi connectivity index (χ0) is 12.3. The van der Waals surface area contributed by atoms with Crippen molar-refractivity contribution in [2.45, 2.75) is 4.90 Å². The Bertz CT molecular complexity index is 613. The fourth-order valence-corrected chi connectivity index (χ4v) is 2.25. The van der Waals surface area contributed by atoms with E-state index in [4.69, 9.17) is 5.73 Å². The molecule has 2 aromatic rings. The highest BCUT2D eigenvalue weighted by molar-refractivity contribution is 7.92. The monoisotopic (exact) mass is 250 g/mol.